The molecule has 0 bridgehead atoms. The molecule has 0 saturated heterocycles. The third-order valence-electron chi connectivity index (χ3n) is 0.634. The third-order valence-corrected chi connectivity index (χ3v) is 0.956. The van der Waals surface area contributed by atoms with Crippen molar-refractivity contribution in [1.29, 1.82) is 0 Å². The molecule has 1 aromatic rings. The summed E-state index contributed by atoms with van der Waals surface area (Å²) >= 11 is 0. The van der Waals surface area contributed by atoms with Gasteiger partial charge in [-0.05, 0) is 0 Å². The molecule has 5 nitrogen and oxygen atoms in total. The molecular weight excluding hydrogens is 167 g/mol. The van der Waals surface area contributed by atoms with Crippen molar-refractivity contribution in [2.45, 2.75) is 0 Å². The zero-order valence-corrected chi connectivity index (χ0v) is 5.17. The van der Waals surface area contributed by atoms with Crippen LogP contribution in [0, 0.1) is 0 Å². The standard InChI is InChI=1S/C3H4N2O3S.Na.H/c6-9(7)8-3-4-1-2-5-3;;/h1-2,9H,(H,4,5);;. The molecule has 1 heterocycles. The Morgan fingerprint density at radius 2 is 2.30 bits per heavy atom. The van der Waals surface area contributed by atoms with Gasteiger partial charge >= 0.3 is 46.6 Å². The first-order valence-electron chi connectivity index (χ1n) is 2.11. The number of hydrogen-bond donors (Lipinski definition) is 2. The van der Waals surface area contributed by atoms with E-state index in [1.165, 1.54) is 12.4 Å². The fourth-order valence-corrected chi connectivity index (χ4v) is 0.612. The average molecular weight is 172 g/mol. The second-order valence-corrected chi connectivity index (χ2v) is 1.84. The number of nitrogens with one attached hydrogen (secondary N) is 1. The average Bonchev–Trinajstić information content (AvgIpc) is 2.15. The molecule has 1 rings (SSSR count). The van der Waals surface area contributed by atoms with Crippen LogP contribution in [0.1, 0.15) is 0 Å². The first-order chi connectivity index (χ1) is 4.29. The van der Waals surface area contributed by atoms with E-state index in [9.17, 15) is 8.42 Å². The van der Waals surface area contributed by atoms with E-state index in [4.69, 9.17) is 0 Å². The minimum atomic E-state index is -2.84. The van der Waals surface area contributed by atoms with Crippen LogP contribution >= 0.6 is 0 Å². The van der Waals surface area contributed by atoms with Gasteiger partial charge in [-0.3, -0.25) is 0 Å². The molecule has 0 fully saturated rings. The van der Waals surface area contributed by atoms with Crippen molar-refractivity contribution < 1.29 is 12.6 Å². The molecule has 0 amide bonds. The SMILES string of the molecule is O=[SH](=O)Oc1ncc[nH]1.[NaH]. The predicted octanol–water partition coefficient (Wildman–Crippen LogP) is -1.33. The Morgan fingerprint density at radius 3 is 2.70 bits per heavy atom. The Balaban J connectivity index is 0.000000810. The van der Waals surface area contributed by atoms with Gasteiger partial charge in [-0.25, -0.2) is 4.98 Å². The van der Waals surface area contributed by atoms with Crippen LogP contribution in [0.2, 0.25) is 0 Å². The number of H-pyrrole nitrogens is 1. The maximum absolute atomic E-state index is 9.82. The normalized spacial score (nSPS) is 8.90. The Hall–Kier alpha value is -0.0400. The van der Waals surface area contributed by atoms with E-state index >= 15 is 0 Å². The van der Waals surface area contributed by atoms with E-state index < -0.39 is 11.0 Å². The molecule has 0 aromatic carbocycles. The van der Waals surface area contributed by atoms with E-state index in [1.54, 1.807) is 0 Å². The van der Waals surface area contributed by atoms with Gasteiger partial charge in [0.2, 0.25) is 0 Å². The zero-order chi connectivity index (χ0) is 6.69. The van der Waals surface area contributed by atoms with Gasteiger partial charge < -0.3 is 9.17 Å². The monoisotopic (exact) mass is 172 g/mol. The quantitative estimate of drug-likeness (QED) is 0.428. The van der Waals surface area contributed by atoms with Crippen LogP contribution < -0.4 is 4.18 Å². The number of imidazole rings is 1. The molecule has 0 aliphatic rings. The van der Waals surface area contributed by atoms with Gasteiger partial charge in [-0.2, -0.15) is 8.42 Å². The van der Waals surface area contributed by atoms with E-state index in [0.29, 0.717) is 0 Å². The molecule has 0 unspecified atom stereocenters. The van der Waals surface area contributed by atoms with Crippen molar-refractivity contribution >= 4 is 40.5 Å². The Morgan fingerprint density at radius 1 is 1.60 bits per heavy atom. The molecule has 0 atom stereocenters. The maximum atomic E-state index is 9.82. The number of aromatic nitrogens is 2. The second kappa shape index (κ2) is 4.73. The predicted molar refractivity (Wildman–Crippen MR) is 36.7 cm³/mol. The van der Waals surface area contributed by atoms with Crippen LogP contribution in [0.25, 0.3) is 0 Å². The van der Waals surface area contributed by atoms with E-state index in [-0.39, 0.29) is 35.6 Å². The summed E-state index contributed by atoms with van der Waals surface area (Å²) in [6.07, 6.45) is 2.86. The van der Waals surface area contributed by atoms with Crippen molar-refractivity contribution in [3.8, 4) is 6.01 Å². The molecule has 1 aromatic heterocycles. The van der Waals surface area contributed by atoms with Crippen LogP contribution in [-0.2, 0) is 11.0 Å². The van der Waals surface area contributed by atoms with Gasteiger partial charge in [0.1, 0.15) is 0 Å². The molecular formula is C3H5N2NaO3S. The summed E-state index contributed by atoms with van der Waals surface area (Å²) in [5, 5.41) is 0. The summed E-state index contributed by atoms with van der Waals surface area (Å²) in [5.74, 6) is 0. The summed E-state index contributed by atoms with van der Waals surface area (Å²) < 4.78 is 23.8. The van der Waals surface area contributed by atoms with Crippen molar-refractivity contribution in [3.63, 3.8) is 0 Å². The van der Waals surface area contributed by atoms with Gasteiger partial charge in [0.15, 0.2) is 0 Å². The number of rotatable bonds is 2. The Bertz CT molecular complexity index is 236. The fraction of sp³-hybridized carbons (Fsp3) is 0. The summed E-state index contributed by atoms with van der Waals surface area (Å²) in [5.41, 5.74) is 0. The Labute approximate surface area is 81.3 Å². The molecule has 0 radical (unpaired) electrons. The van der Waals surface area contributed by atoms with Gasteiger partial charge in [0.25, 0.3) is 0 Å². The zero-order valence-electron chi connectivity index (χ0n) is 4.27. The molecule has 1 N–H and O–H groups in total. The van der Waals surface area contributed by atoms with E-state index in [0.717, 1.165) is 0 Å². The van der Waals surface area contributed by atoms with Gasteiger partial charge in [0.05, 0.1) is 0 Å². The molecule has 10 heavy (non-hydrogen) atoms. The van der Waals surface area contributed by atoms with Crippen LogP contribution in [0.4, 0.5) is 0 Å². The van der Waals surface area contributed by atoms with Crippen molar-refractivity contribution in [2.24, 2.45) is 0 Å². The summed E-state index contributed by atoms with van der Waals surface area (Å²) in [6, 6.07) is -0.00823. The second-order valence-electron chi connectivity index (χ2n) is 1.21. The first-order valence-corrected chi connectivity index (χ1v) is 3.20. The molecule has 0 spiro atoms. The van der Waals surface area contributed by atoms with Crippen LogP contribution in [0.15, 0.2) is 12.4 Å². The van der Waals surface area contributed by atoms with Crippen molar-refractivity contribution in [3.05, 3.63) is 12.4 Å². The molecule has 7 heteroatoms. The number of thiol groups is 1. The third kappa shape index (κ3) is 3.21. The molecule has 0 aliphatic heterocycles. The minimum absolute atomic E-state index is 0. The van der Waals surface area contributed by atoms with E-state index in [2.05, 4.69) is 14.2 Å². The summed E-state index contributed by atoms with van der Waals surface area (Å²) in [7, 11) is -2.84. The van der Waals surface area contributed by atoms with Crippen molar-refractivity contribution in [2.75, 3.05) is 0 Å². The topological polar surface area (TPSA) is 72.1 Å². The van der Waals surface area contributed by atoms with Crippen LogP contribution in [-0.4, -0.2) is 47.9 Å². The number of aromatic amines is 1. The number of nitrogens with zero attached hydrogens (tertiary/aromatic N) is 1. The Kier molecular flexibility index (Phi) is 4.71. The van der Waals surface area contributed by atoms with Gasteiger partial charge in [0, 0.05) is 12.4 Å². The fourth-order valence-electron chi connectivity index (χ4n) is 0.371. The summed E-state index contributed by atoms with van der Waals surface area (Å²) in [4.78, 5) is 5.95. The first kappa shape index (κ1) is 9.96. The van der Waals surface area contributed by atoms with E-state index in [1.807, 2.05) is 0 Å². The van der Waals surface area contributed by atoms with Gasteiger partial charge in [-0.15, -0.1) is 0 Å². The number of hydrogen-bond acceptors (Lipinski definition) is 4. The van der Waals surface area contributed by atoms with Gasteiger partial charge in [-0.1, -0.05) is 0 Å². The van der Waals surface area contributed by atoms with Crippen molar-refractivity contribution in [1.82, 2.24) is 9.97 Å². The molecule has 0 aliphatic carbocycles. The molecule has 52 valence electrons. The van der Waals surface area contributed by atoms with Crippen LogP contribution in [0.5, 0.6) is 6.01 Å². The summed E-state index contributed by atoms with van der Waals surface area (Å²) in [6.45, 7) is 0. The molecule has 0 saturated carbocycles. The van der Waals surface area contributed by atoms with Crippen LogP contribution in [0.3, 0.4) is 0 Å².